The van der Waals surface area contributed by atoms with Gasteiger partial charge in [0.25, 0.3) is 0 Å². The minimum absolute atomic E-state index is 0.134. The van der Waals surface area contributed by atoms with Crippen LogP contribution in [0.1, 0.15) is 24.5 Å². The third-order valence-corrected chi connectivity index (χ3v) is 3.47. The fourth-order valence-corrected chi connectivity index (χ4v) is 2.06. The van der Waals surface area contributed by atoms with Crippen LogP contribution in [0.4, 0.5) is 0 Å². The molecule has 1 N–H and O–H groups in total. The van der Waals surface area contributed by atoms with Crippen LogP contribution in [0.15, 0.2) is 18.2 Å². The van der Waals surface area contributed by atoms with Crippen LogP contribution < -0.4 is 4.74 Å². The Morgan fingerprint density at radius 2 is 1.95 bits per heavy atom. The highest BCUT2D eigenvalue weighted by molar-refractivity contribution is 5.39. The summed E-state index contributed by atoms with van der Waals surface area (Å²) in [6.45, 7) is 6.72. The van der Waals surface area contributed by atoms with Gasteiger partial charge in [-0.15, -0.1) is 0 Å². The summed E-state index contributed by atoms with van der Waals surface area (Å²) in [6, 6.07) is 8.26. The first-order valence-electron chi connectivity index (χ1n) is 6.90. The monoisotopic (exact) mass is 276 g/mol. The molecule has 2 unspecified atom stereocenters. The highest BCUT2D eigenvalue weighted by Gasteiger charge is 2.15. The standard InChI is InChI=1S/C16H24N2O2/c1-12-6-5-7-13(2)16(12)20-11-15(19)10-18(4)14(3)8-9-17/h5-7,14-15,19H,8,10-11H2,1-4H3. The van der Waals surface area contributed by atoms with Crippen molar-refractivity contribution in [2.45, 2.75) is 39.3 Å². The number of nitriles is 1. The van der Waals surface area contributed by atoms with E-state index in [1.807, 2.05) is 50.9 Å². The van der Waals surface area contributed by atoms with Gasteiger partial charge in [0.15, 0.2) is 0 Å². The Kier molecular flexibility index (Phi) is 6.50. The van der Waals surface area contributed by atoms with E-state index in [4.69, 9.17) is 10.00 Å². The summed E-state index contributed by atoms with van der Waals surface area (Å²) in [7, 11) is 1.91. The minimum atomic E-state index is -0.569. The summed E-state index contributed by atoms with van der Waals surface area (Å²) < 4.78 is 5.73. The molecule has 1 aromatic carbocycles. The van der Waals surface area contributed by atoms with E-state index < -0.39 is 6.10 Å². The number of aliphatic hydroxyl groups is 1. The largest absolute Gasteiger partial charge is 0.490 e. The van der Waals surface area contributed by atoms with Gasteiger partial charge >= 0.3 is 0 Å². The highest BCUT2D eigenvalue weighted by atomic mass is 16.5. The Morgan fingerprint density at radius 3 is 2.50 bits per heavy atom. The lowest BCUT2D eigenvalue weighted by atomic mass is 10.1. The van der Waals surface area contributed by atoms with Gasteiger partial charge in [-0.05, 0) is 38.9 Å². The Bertz CT molecular complexity index is 448. The maximum atomic E-state index is 10.0. The minimum Gasteiger partial charge on any atom is -0.490 e. The lowest BCUT2D eigenvalue weighted by Gasteiger charge is -2.25. The first-order valence-corrected chi connectivity index (χ1v) is 6.90. The molecule has 0 saturated carbocycles. The molecule has 0 saturated heterocycles. The van der Waals surface area contributed by atoms with Gasteiger partial charge in [0.2, 0.25) is 0 Å². The molecule has 0 fully saturated rings. The van der Waals surface area contributed by atoms with Crippen molar-refractivity contribution in [3.8, 4) is 11.8 Å². The number of hydrogen-bond donors (Lipinski definition) is 1. The number of ether oxygens (including phenoxy) is 1. The predicted molar refractivity (Wildman–Crippen MR) is 79.7 cm³/mol. The van der Waals surface area contributed by atoms with Gasteiger partial charge < -0.3 is 9.84 Å². The van der Waals surface area contributed by atoms with E-state index in [-0.39, 0.29) is 12.6 Å². The van der Waals surface area contributed by atoms with Crippen LogP contribution in [0.25, 0.3) is 0 Å². The van der Waals surface area contributed by atoms with E-state index in [1.165, 1.54) is 0 Å². The molecule has 0 aliphatic rings. The third kappa shape index (κ3) is 4.84. The number of aryl methyl sites for hydroxylation is 2. The molecule has 4 nitrogen and oxygen atoms in total. The molecular weight excluding hydrogens is 252 g/mol. The van der Waals surface area contributed by atoms with Crippen LogP contribution in [0.5, 0.6) is 5.75 Å². The molecular formula is C16H24N2O2. The van der Waals surface area contributed by atoms with E-state index in [0.717, 1.165) is 16.9 Å². The van der Waals surface area contributed by atoms with Gasteiger partial charge in [0.1, 0.15) is 18.5 Å². The lowest BCUT2D eigenvalue weighted by molar-refractivity contribution is 0.0656. The zero-order valence-corrected chi connectivity index (χ0v) is 12.8. The number of para-hydroxylation sites is 1. The van der Waals surface area contributed by atoms with Gasteiger partial charge in [-0.3, -0.25) is 4.90 Å². The van der Waals surface area contributed by atoms with Crippen molar-refractivity contribution in [1.29, 1.82) is 5.26 Å². The van der Waals surface area contributed by atoms with Gasteiger partial charge in [-0.2, -0.15) is 5.26 Å². The van der Waals surface area contributed by atoms with E-state index in [1.54, 1.807) is 0 Å². The van der Waals surface area contributed by atoms with Gasteiger partial charge in [0, 0.05) is 12.6 Å². The topological polar surface area (TPSA) is 56.5 Å². The Labute approximate surface area is 121 Å². The second-order valence-corrected chi connectivity index (χ2v) is 5.34. The molecule has 0 spiro atoms. The normalized spacial score (nSPS) is 13.8. The maximum absolute atomic E-state index is 10.0. The number of nitrogens with zero attached hydrogens (tertiary/aromatic N) is 2. The van der Waals surface area contributed by atoms with Crippen LogP contribution in [-0.2, 0) is 0 Å². The summed E-state index contributed by atoms with van der Waals surface area (Å²) >= 11 is 0. The summed E-state index contributed by atoms with van der Waals surface area (Å²) in [5.74, 6) is 0.847. The smallest absolute Gasteiger partial charge is 0.125 e. The zero-order valence-electron chi connectivity index (χ0n) is 12.8. The molecule has 1 aromatic rings. The first-order chi connectivity index (χ1) is 9.45. The predicted octanol–water partition coefficient (Wildman–Crippen LogP) is 2.28. The molecule has 0 heterocycles. The molecule has 0 bridgehead atoms. The molecule has 0 aromatic heterocycles. The Hall–Kier alpha value is -1.57. The second kappa shape index (κ2) is 7.88. The first kappa shape index (κ1) is 16.5. The van der Waals surface area contributed by atoms with Crippen LogP contribution >= 0.6 is 0 Å². The summed E-state index contributed by atoms with van der Waals surface area (Å²) in [5.41, 5.74) is 2.15. The SMILES string of the molecule is Cc1cccc(C)c1OCC(O)CN(C)C(C)CC#N. The molecule has 110 valence electrons. The van der Waals surface area contributed by atoms with Crippen LogP contribution in [0.2, 0.25) is 0 Å². The van der Waals surface area contributed by atoms with E-state index in [0.29, 0.717) is 13.0 Å². The lowest BCUT2D eigenvalue weighted by Crippen LogP contribution is -2.38. The summed E-state index contributed by atoms with van der Waals surface area (Å²) in [4.78, 5) is 1.97. The molecule has 4 heteroatoms. The molecule has 0 amide bonds. The molecule has 0 aliphatic heterocycles. The molecule has 0 aliphatic carbocycles. The van der Waals surface area contributed by atoms with Crippen molar-refractivity contribution >= 4 is 0 Å². The van der Waals surface area contributed by atoms with Crippen molar-refractivity contribution in [2.24, 2.45) is 0 Å². The van der Waals surface area contributed by atoms with Gasteiger partial charge in [-0.1, -0.05) is 18.2 Å². The second-order valence-electron chi connectivity index (χ2n) is 5.34. The molecule has 20 heavy (non-hydrogen) atoms. The Balaban J connectivity index is 2.48. The molecule has 2 atom stereocenters. The summed E-state index contributed by atoms with van der Waals surface area (Å²) in [6.07, 6.45) is -0.110. The van der Waals surface area contributed by atoms with Crippen LogP contribution in [-0.4, -0.2) is 42.4 Å². The van der Waals surface area contributed by atoms with Crippen molar-refractivity contribution in [3.05, 3.63) is 29.3 Å². The molecule has 0 radical (unpaired) electrons. The third-order valence-electron chi connectivity index (χ3n) is 3.47. The zero-order chi connectivity index (χ0) is 15.1. The fourth-order valence-electron chi connectivity index (χ4n) is 2.06. The summed E-state index contributed by atoms with van der Waals surface area (Å²) in [5, 5.41) is 18.7. The van der Waals surface area contributed by atoms with Crippen LogP contribution in [0.3, 0.4) is 0 Å². The average molecular weight is 276 g/mol. The molecule has 1 rings (SSSR count). The highest BCUT2D eigenvalue weighted by Crippen LogP contribution is 2.22. The Morgan fingerprint density at radius 1 is 1.35 bits per heavy atom. The average Bonchev–Trinajstić information content (AvgIpc) is 2.38. The van der Waals surface area contributed by atoms with E-state index in [9.17, 15) is 5.11 Å². The van der Waals surface area contributed by atoms with Crippen molar-refractivity contribution in [3.63, 3.8) is 0 Å². The maximum Gasteiger partial charge on any atom is 0.125 e. The van der Waals surface area contributed by atoms with Crippen molar-refractivity contribution in [1.82, 2.24) is 4.90 Å². The number of hydrogen-bond acceptors (Lipinski definition) is 4. The quantitative estimate of drug-likeness (QED) is 0.830. The fraction of sp³-hybridized carbons (Fsp3) is 0.562. The van der Waals surface area contributed by atoms with Gasteiger partial charge in [0.05, 0.1) is 12.5 Å². The van der Waals surface area contributed by atoms with Gasteiger partial charge in [-0.25, -0.2) is 0 Å². The van der Waals surface area contributed by atoms with Crippen molar-refractivity contribution in [2.75, 3.05) is 20.2 Å². The number of likely N-dealkylation sites (N-methyl/N-ethyl adjacent to an activating group) is 1. The van der Waals surface area contributed by atoms with E-state index >= 15 is 0 Å². The number of rotatable bonds is 7. The number of benzene rings is 1. The van der Waals surface area contributed by atoms with E-state index in [2.05, 4.69) is 6.07 Å². The van der Waals surface area contributed by atoms with Crippen molar-refractivity contribution < 1.29 is 9.84 Å². The number of aliphatic hydroxyl groups excluding tert-OH is 1. The van der Waals surface area contributed by atoms with Crippen LogP contribution in [0, 0.1) is 25.2 Å².